The summed E-state index contributed by atoms with van der Waals surface area (Å²) in [5.41, 5.74) is 5.54. The lowest BCUT2D eigenvalue weighted by atomic mass is 9.91. The van der Waals surface area contributed by atoms with E-state index in [2.05, 4.69) is 0 Å². The summed E-state index contributed by atoms with van der Waals surface area (Å²) in [4.78, 5) is 13.9. The number of hydrogen-bond donors (Lipinski definition) is 1. The van der Waals surface area contributed by atoms with E-state index < -0.39 is 5.41 Å². The van der Waals surface area contributed by atoms with Crippen LogP contribution in [0.2, 0.25) is 0 Å². The van der Waals surface area contributed by atoms with Gasteiger partial charge in [-0.3, -0.25) is 4.79 Å². The molecule has 0 atom stereocenters. The van der Waals surface area contributed by atoms with E-state index in [1.165, 1.54) is 17.0 Å². The molecule has 0 heterocycles. The van der Waals surface area contributed by atoms with Gasteiger partial charge in [-0.25, -0.2) is 4.39 Å². The van der Waals surface area contributed by atoms with Crippen LogP contribution in [-0.4, -0.2) is 22.8 Å². The maximum atomic E-state index is 12.8. The van der Waals surface area contributed by atoms with E-state index in [9.17, 15) is 9.18 Å². The van der Waals surface area contributed by atoms with Crippen LogP contribution in [0.1, 0.15) is 19.4 Å². The normalized spacial score (nSPS) is 11.1. The van der Waals surface area contributed by atoms with Gasteiger partial charge in [0, 0.05) is 13.6 Å². The van der Waals surface area contributed by atoms with Gasteiger partial charge >= 0.3 is 0 Å². The van der Waals surface area contributed by atoms with Crippen LogP contribution in [0.25, 0.3) is 0 Å². The van der Waals surface area contributed by atoms with Crippen LogP contribution >= 0.6 is 12.2 Å². The molecular formula is C13H17FN2OS. The molecule has 1 rings (SSSR count). The molecule has 3 nitrogen and oxygen atoms in total. The fourth-order valence-corrected chi connectivity index (χ4v) is 1.61. The van der Waals surface area contributed by atoms with Gasteiger partial charge in [-0.15, -0.1) is 0 Å². The molecule has 0 saturated carbocycles. The van der Waals surface area contributed by atoms with Crippen molar-refractivity contribution in [1.82, 2.24) is 4.90 Å². The Morgan fingerprint density at radius 3 is 2.33 bits per heavy atom. The average molecular weight is 268 g/mol. The predicted octanol–water partition coefficient (Wildman–Crippen LogP) is 2.10. The summed E-state index contributed by atoms with van der Waals surface area (Å²) in [7, 11) is 1.67. The third-order valence-electron chi connectivity index (χ3n) is 2.83. The third kappa shape index (κ3) is 3.26. The van der Waals surface area contributed by atoms with Crippen LogP contribution in [0.5, 0.6) is 0 Å². The molecule has 0 aliphatic rings. The Balaban J connectivity index is 2.77. The largest absolute Gasteiger partial charge is 0.392 e. The highest BCUT2D eigenvalue weighted by atomic mass is 32.1. The van der Waals surface area contributed by atoms with Crippen molar-refractivity contribution in [3.63, 3.8) is 0 Å². The van der Waals surface area contributed by atoms with Crippen molar-refractivity contribution in [2.75, 3.05) is 7.05 Å². The highest BCUT2D eigenvalue weighted by molar-refractivity contribution is 7.80. The summed E-state index contributed by atoms with van der Waals surface area (Å²) in [5.74, 6) is -0.449. The quantitative estimate of drug-likeness (QED) is 0.851. The topological polar surface area (TPSA) is 46.3 Å². The minimum Gasteiger partial charge on any atom is -0.392 e. The molecule has 5 heteroatoms. The molecule has 0 unspecified atom stereocenters. The monoisotopic (exact) mass is 268 g/mol. The van der Waals surface area contributed by atoms with Crippen LogP contribution in [-0.2, 0) is 11.3 Å². The Kier molecular flexibility index (Phi) is 4.40. The Bertz CT molecular complexity index is 457. The average Bonchev–Trinajstić information content (AvgIpc) is 2.30. The van der Waals surface area contributed by atoms with E-state index in [-0.39, 0.29) is 16.7 Å². The van der Waals surface area contributed by atoms with Gasteiger partial charge in [-0.05, 0) is 31.5 Å². The van der Waals surface area contributed by atoms with Crippen LogP contribution in [0, 0.1) is 11.2 Å². The standard InChI is InChI=1S/C13H17FN2OS/c1-13(2,11(15)18)12(17)16(3)8-9-4-6-10(14)7-5-9/h4-7H,8H2,1-3H3,(H2,15,18). The van der Waals surface area contributed by atoms with Gasteiger partial charge in [-0.1, -0.05) is 24.4 Å². The van der Waals surface area contributed by atoms with Gasteiger partial charge in [0.15, 0.2) is 0 Å². The van der Waals surface area contributed by atoms with Crippen LogP contribution in [0.15, 0.2) is 24.3 Å². The smallest absolute Gasteiger partial charge is 0.235 e. The highest BCUT2D eigenvalue weighted by Crippen LogP contribution is 2.20. The molecule has 98 valence electrons. The fourth-order valence-electron chi connectivity index (χ4n) is 1.52. The number of halogens is 1. The molecule has 0 bridgehead atoms. The second-order valence-corrected chi connectivity index (χ2v) is 5.22. The van der Waals surface area contributed by atoms with E-state index >= 15 is 0 Å². The highest BCUT2D eigenvalue weighted by Gasteiger charge is 2.33. The molecule has 0 radical (unpaired) electrons. The summed E-state index contributed by atoms with van der Waals surface area (Å²) in [6.45, 7) is 3.78. The molecular weight excluding hydrogens is 251 g/mol. The number of carbonyl (C=O) groups excluding carboxylic acids is 1. The maximum Gasteiger partial charge on any atom is 0.235 e. The summed E-state index contributed by atoms with van der Waals surface area (Å²) >= 11 is 4.89. The SMILES string of the molecule is CN(Cc1ccc(F)cc1)C(=O)C(C)(C)C(N)=S. The maximum absolute atomic E-state index is 12.8. The number of thiocarbonyl (C=S) groups is 1. The number of nitrogens with two attached hydrogens (primary N) is 1. The van der Waals surface area contributed by atoms with Crippen molar-refractivity contribution >= 4 is 23.1 Å². The van der Waals surface area contributed by atoms with E-state index in [1.807, 2.05) is 0 Å². The number of amides is 1. The molecule has 0 aliphatic carbocycles. The first-order valence-electron chi connectivity index (χ1n) is 5.55. The lowest BCUT2D eigenvalue weighted by Crippen LogP contribution is -2.45. The Hall–Kier alpha value is -1.49. The first-order chi connectivity index (χ1) is 8.25. The van der Waals surface area contributed by atoms with Gasteiger partial charge in [0.25, 0.3) is 0 Å². The van der Waals surface area contributed by atoms with Crippen LogP contribution in [0.3, 0.4) is 0 Å². The fraction of sp³-hybridized carbons (Fsp3) is 0.385. The number of hydrogen-bond acceptors (Lipinski definition) is 2. The lowest BCUT2D eigenvalue weighted by molar-refractivity contribution is -0.136. The van der Waals surface area contributed by atoms with Gasteiger partial charge in [0.1, 0.15) is 5.82 Å². The van der Waals surface area contributed by atoms with Crippen LogP contribution in [0.4, 0.5) is 4.39 Å². The molecule has 1 amide bonds. The minimum atomic E-state index is -0.871. The zero-order valence-electron chi connectivity index (χ0n) is 10.7. The summed E-state index contributed by atoms with van der Waals surface area (Å²) in [5, 5.41) is 0. The molecule has 0 aromatic heterocycles. The molecule has 2 N–H and O–H groups in total. The number of rotatable bonds is 4. The number of benzene rings is 1. The van der Waals surface area contributed by atoms with Crippen molar-refractivity contribution < 1.29 is 9.18 Å². The van der Waals surface area contributed by atoms with Gasteiger partial charge in [-0.2, -0.15) is 0 Å². The predicted molar refractivity (Wildman–Crippen MR) is 73.4 cm³/mol. The Morgan fingerprint density at radius 2 is 1.89 bits per heavy atom. The van der Waals surface area contributed by atoms with E-state index in [0.29, 0.717) is 6.54 Å². The molecule has 18 heavy (non-hydrogen) atoms. The van der Waals surface area contributed by atoms with E-state index in [1.54, 1.807) is 33.0 Å². The second-order valence-electron chi connectivity index (χ2n) is 4.78. The molecule has 0 saturated heterocycles. The molecule has 1 aromatic rings. The lowest BCUT2D eigenvalue weighted by Gasteiger charge is -2.28. The molecule has 0 fully saturated rings. The summed E-state index contributed by atoms with van der Waals surface area (Å²) < 4.78 is 12.8. The second kappa shape index (κ2) is 5.44. The Morgan fingerprint density at radius 1 is 1.39 bits per heavy atom. The first kappa shape index (κ1) is 14.6. The Labute approximate surface area is 112 Å². The van der Waals surface area contributed by atoms with Crippen LogP contribution < -0.4 is 5.73 Å². The van der Waals surface area contributed by atoms with Crippen molar-refractivity contribution in [3.8, 4) is 0 Å². The van der Waals surface area contributed by atoms with Gasteiger partial charge < -0.3 is 10.6 Å². The molecule has 0 aliphatic heterocycles. The zero-order valence-corrected chi connectivity index (χ0v) is 11.6. The molecule has 1 aromatic carbocycles. The summed E-state index contributed by atoms with van der Waals surface area (Å²) in [6.07, 6.45) is 0. The van der Waals surface area contributed by atoms with Gasteiger partial charge in [0.2, 0.25) is 5.91 Å². The van der Waals surface area contributed by atoms with Crippen molar-refractivity contribution in [1.29, 1.82) is 0 Å². The van der Waals surface area contributed by atoms with Gasteiger partial charge in [0.05, 0.1) is 10.4 Å². The first-order valence-corrected chi connectivity index (χ1v) is 5.96. The zero-order chi connectivity index (χ0) is 13.9. The molecule has 0 spiro atoms. The number of carbonyl (C=O) groups is 1. The van der Waals surface area contributed by atoms with Crippen molar-refractivity contribution in [3.05, 3.63) is 35.6 Å². The minimum absolute atomic E-state index is 0.153. The van der Waals surface area contributed by atoms with Crippen molar-refractivity contribution in [2.45, 2.75) is 20.4 Å². The van der Waals surface area contributed by atoms with E-state index in [0.717, 1.165) is 5.56 Å². The number of nitrogens with zero attached hydrogens (tertiary/aromatic N) is 1. The van der Waals surface area contributed by atoms with E-state index in [4.69, 9.17) is 18.0 Å². The third-order valence-corrected chi connectivity index (χ3v) is 3.34. The van der Waals surface area contributed by atoms with Crippen molar-refractivity contribution in [2.24, 2.45) is 11.1 Å². The summed E-state index contributed by atoms with van der Waals surface area (Å²) in [6, 6.07) is 6.03.